The SMILES string of the molecule is COc1cc(OC)c2cc(C(=O)C=Cc3ccc(Cl)cc3Cl)c(=O)oc2c1. The molecule has 1 heterocycles. The van der Waals surface area contributed by atoms with Gasteiger partial charge in [0.1, 0.15) is 22.6 Å². The van der Waals surface area contributed by atoms with Crippen molar-refractivity contribution >= 4 is 46.0 Å². The van der Waals surface area contributed by atoms with Gasteiger partial charge < -0.3 is 13.9 Å². The number of ether oxygens (including phenoxy) is 2. The van der Waals surface area contributed by atoms with E-state index in [0.717, 1.165) is 0 Å². The van der Waals surface area contributed by atoms with Crippen molar-refractivity contribution < 1.29 is 18.7 Å². The van der Waals surface area contributed by atoms with Crippen LogP contribution in [-0.4, -0.2) is 20.0 Å². The van der Waals surface area contributed by atoms with E-state index in [0.29, 0.717) is 32.5 Å². The van der Waals surface area contributed by atoms with Gasteiger partial charge in [-0.25, -0.2) is 4.79 Å². The number of carbonyl (C=O) groups is 1. The van der Waals surface area contributed by atoms with Crippen LogP contribution in [0.4, 0.5) is 0 Å². The molecule has 27 heavy (non-hydrogen) atoms. The van der Waals surface area contributed by atoms with E-state index in [4.69, 9.17) is 37.1 Å². The molecule has 0 unspecified atom stereocenters. The molecule has 0 N–H and O–H groups in total. The van der Waals surface area contributed by atoms with Gasteiger partial charge in [0.15, 0.2) is 5.78 Å². The topological polar surface area (TPSA) is 65.7 Å². The van der Waals surface area contributed by atoms with Crippen LogP contribution in [0.5, 0.6) is 11.5 Å². The molecule has 5 nitrogen and oxygen atoms in total. The molecular formula is C20H14Cl2O5. The molecular weight excluding hydrogens is 391 g/mol. The van der Waals surface area contributed by atoms with E-state index < -0.39 is 11.4 Å². The second kappa shape index (κ2) is 7.86. The Labute approximate surface area is 164 Å². The minimum absolute atomic E-state index is 0.118. The van der Waals surface area contributed by atoms with Crippen LogP contribution in [0.25, 0.3) is 17.0 Å². The van der Waals surface area contributed by atoms with E-state index in [1.165, 1.54) is 32.4 Å². The van der Waals surface area contributed by atoms with Gasteiger partial charge in [0.25, 0.3) is 0 Å². The summed E-state index contributed by atoms with van der Waals surface area (Å²) in [6.07, 6.45) is 2.76. The van der Waals surface area contributed by atoms with Crippen molar-refractivity contribution in [2.24, 2.45) is 0 Å². The lowest BCUT2D eigenvalue weighted by molar-refractivity contribution is 0.104. The Hall–Kier alpha value is -2.76. The highest BCUT2D eigenvalue weighted by Crippen LogP contribution is 2.31. The van der Waals surface area contributed by atoms with Crippen molar-refractivity contribution in [1.82, 2.24) is 0 Å². The van der Waals surface area contributed by atoms with Crippen LogP contribution < -0.4 is 15.1 Å². The standard InChI is InChI=1S/C20H14Cl2O5/c1-25-13-8-18(26-2)15-10-14(20(24)27-19(15)9-13)17(23)6-4-11-3-5-12(21)7-16(11)22/h3-10H,1-2H3. The number of rotatable bonds is 5. The first-order chi connectivity index (χ1) is 12.9. The number of hydrogen-bond donors (Lipinski definition) is 0. The molecule has 0 spiro atoms. The molecule has 0 aliphatic carbocycles. The summed E-state index contributed by atoms with van der Waals surface area (Å²) in [5, 5.41) is 1.37. The molecule has 0 atom stereocenters. The Morgan fingerprint density at radius 1 is 1.07 bits per heavy atom. The van der Waals surface area contributed by atoms with E-state index in [1.807, 2.05) is 0 Å². The zero-order valence-electron chi connectivity index (χ0n) is 14.4. The van der Waals surface area contributed by atoms with Gasteiger partial charge >= 0.3 is 5.63 Å². The summed E-state index contributed by atoms with van der Waals surface area (Å²) in [6.45, 7) is 0. The molecule has 2 aromatic carbocycles. The Morgan fingerprint density at radius 3 is 2.52 bits per heavy atom. The summed E-state index contributed by atoms with van der Waals surface area (Å²) >= 11 is 11.9. The first kappa shape index (κ1) is 19.0. The third-order valence-corrected chi connectivity index (χ3v) is 4.45. The monoisotopic (exact) mass is 404 g/mol. The molecule has 0 bridgehead atoms. The smallest absolute Gasteiger partial charge is 0.347 e. The van der Waals surface area contributed by atoms with Crippen molar-refractivity contribution in [3.8, 4) is 11.5 Å². The zero-order valence-corrected chi connectivity index (χ0v) is 15.9. The van der Waals surface area contributed by atoms with Crippen molar-refractivity contribution in [1.29, 1.82) is 0 Å². The molecule has 0 saturated heterocycles. The minimum Gasteiger partial charge on any atom is -0.496 e. The van der Waals surface area contributed by atoms with Crippen LogP contribution in [-0.2, 0) is 0 Å². The van der Waals surface area contributed by atoms with Gasteiger partial charge in [-0.05, 0) is 35.9 Å². The van der Waals surface area contributed by atoms with Crippen LogP contribution in [0.2, 0.25) is 10.0 Å². The summed E-state index contributed by atoms with van der Waals surface area (Å²) < 4.78 is 15.7. The molecule has 0 aliphatic heterocycles. The highest BCUT2D eigenvalue weighted by Gasteiger charge is 2.15. The average Bonchev–Trinajstić information content (AvgIpc) is 2.65. The van der Waals surface area contributed by atoms with Crippen LogP contribution in [0, 0.1) is 0 Å². The predicted molar refractivity (Wildman–Crippen MR) is 105 cm³/mol. The van der Waals surface area contributed by atoms with E-state index in [9.17, 15) is 9.59 Å². The third-order valence-electron chi connectivity index (χ3n) is 3.89. The zero-order chi connectivity index (χ0) is 19.6. The molecule has 3 rings (SSSR count). The number of methoxy groups -OCH3 is 2. The van der Waals surface area contributed by atoms with Gasteiger partial charge in [0.05, 0.1) is 19.6 Å². The van der Waals surface area contributed by atoms with Crippen LogP contribution in [0.1, 0.15) is 15.9 Å². The third kappa shape index (κ3) is 3.99. The fourth-order valence-corrected chi connectivity index (χ4v) is 2.98. The summed E-state index contributed by atoms with van der Waals surface area (Å²) in [4.78, 5) is 24.8. The van der Waals surface area contributed by atoms with Crippen molar-refractivity contribution in [2.75, 3.05) is 14.2 Å². The molecule has 0 saturated carbocycles. The molecule has 138 valence electrons. The van der Waals surface area contributed by atoms with E-state index >= 15 is 0 Å². The largest absolute Gasteiger partial charge is 0.496 e. The number of hydrogen-bond acceptors (Lipinski definition) is 5. The number of fused-ring (bicyclic) bond motifs is 1. The van der Waals surface area contributed by atoms with Gasteiger partial charge in [-0.15, -0.1) is 0 Å². The maximum Gasteiger partial charge on any atom is 0.347 e. The highest BCUT2D eigenvalue weighted by atomic mass is 35.5. The number of halogens is 2. The molecule has 1 aromatic heterocycles. The lowest BCUT2D eigenvalue weighted by atomic mass is 10.1. The molecule has 0 fully saturated rings. The average molecular weight is 405 g/mol. The number of carbonyl (C=O) groups excluding carboxylic acids is 1. The van der Waals surface area contributed by atoms with Gasteiger partial charge in [-0.1, -0.05) is 29.3 Å². The van der Waals surface area contributed by atoms with E-state index in [1.54, 1.807) is 30.3 Å². The van der Waals surface area contributed by atoms with Crippen molar-refractivity contribution in [3.05, 3.63) is 74.1 Å². The Kier molecular flexibility index (Phi) is 5.54. The van der Waals surface area contributed by atoms with Crippen LogP contribution in [0.15, 0.2) is 51.7 Å². The maximum atomic E-state index is 12.5. The predicted octanol–water partition coefficient (Wildman–Crippen LogP) is 5.01. The van der Waals surface area contributed by atoms with Gasteiger partial charge in [-0.3, -0.25) is 4.79 Å². The fourth-order valence-electron chi connectivity index (χ4n) is 2.51. The molecule has 0 amide bonds. The maximum absolute atomic E-state index is 12.5. The van der Waals surface area contributed by atoms with Gasteiger partial charge in [0.2, 0.25) is 0 Å². The molecule has 7 heteroatoms. The lowest BCUT2D eigenvalue weighted by Crippen LogP contribution is -2.12. The quantitative estimate of drug-likeness (QED) is 0.339. The van der Waals surface area contributed by atoms with Gasteiger partial charge in [-0.2, -0.15) is 0 Å². The van der Waals surface area contributed by atoms with Crippen LogP contribution >= 0.6 is 23.2 Å². The second-order valence-electron chi connectivity index (χ2n) is 5.55. The molecule has 0 aliphatic rings. The van der Waals surface area contributed by atoms with E-state index in [-0.39, 0.29) is 11.1 Å². The second-order valence-corrected chi connectivity index (χ2v) is 6.40. The summed E-state index contributed by atoms with van der Waals surface area (Å²) in [5.74, 6) is 0.375. The lowest BCUT2D eigenvalue weighted by Gasteiger charge is -2.08. The number of ketones is 1. The minimum atomic E-state index is -0.755. The normalized spacial score (nSPS) is 11.1. The molecule has 3 aromatic rings. The van der Waals surface area contributed by atoms with Crippen molar-refractivity contribution in [3.63, 3.8) is 0 Å². The summed E-state index contributed by atoms with van der Waals surface area (Å²) in [6, 6.07) is 9.52. The first-order valence-electron chi connectivity index (χ1n) is 7.80. The van der Waals surface area contributed by atoms with Gasteiger partial charge in [0, 0.05) is 22.2 Å². The molecule has 0 radical (unpaired) electrons. The summed E-state index contributed by atoms with van der Waals surface area (Å²) in [5.41, 5.74) is -0.0126. The summed E-state index contributed by atoms with van der Waals surface area (Å²) in [7, 11) is 2.96. The van der Waals surface area contributed by atoms with Crippen LogP contribution in [0.3, 0.4) is 0 Å². The number of allylic oxidation sites excluding steroid dienone is 1. The Balaban J connectivity index is 2.03. The fraction of sp³-hybridized carbons (Fsp3) is 0.100. The Morgan fingerprint density at radius 2 is 1.85 bits per heavy atom. The first-order valence-corrected chi connectivity index (χ1v) is 8.56. The van der Waals surface area contributed by atoms with Crippen molar-refractivity contribution in [2.45, 2.75) is 0 Å². The Bertz CT molecular complexity index is 1120. The highest BCUT2D eigenvalue weighted by molar-refractivity contribution is 6.35. The van der Waals surface area contributed by atoms with E-state index in [2.05, 4.69) is 0 Å². The number of benzene rings is 2.